The molecule has 1 rings (SSSR count). The monoisotopic (exact) mass is 340 g/mol. The van der Waals surface area contributed by atoms with Gasteiger partial charge in [-0.2, -0.15) is 0 Å². The maximum atomic E-state index is 11.2. The van der Waals surface area contributed by atoms with Gasteiger partial charge in [-0.15, -0.1) is 0 Å². The second-order valence-electron chi connectivity index (χ2n) is 3.31. The van der Waals surface area contributed by atoms with Crippen LogP contribution < -0.4 is 0 Å². The molecule has 1 aromatic carbocycles. The minimum Gasteiger partial charge on any atom is -0.469 e. The first-order valence-corrected chi connectivity index (χ1v) is 8.00. The Kier molecular flexibility index (Phi) is 4.97. The number of carbonyl (C=O) groups excluding carboxylic acids is 1. The van der Waals surface area contributed by atoms with Crippen LogP contribution in [-0.2, 0) is 30.3 Å². The van der Waals surface area contributed by atoms with E-state index in [1.54, 1.807) is 6.07 Å². The Bertz CT molecular complexity index is 527. The molecule has 0 unspecified atom stereocenters. The molecule has 17 heavy (non-hydrogen) atoms. The molecule has 0 fully saturated rings. The number of rotatable bonds is 4. The number of hydrogen-bond donors (Lipinski definition) is 0. The molecule has 0 spiro atoms. The molecule has 0 aromatic heterocycles. The van der Waals surface area contributed by atoms with Gasteiger partial charge in [0.15, 0.2) is 0 Å². The van der Waals surface area contributed by atoms with Gasteiger partial charge in [-0.05, 0) is 23.3 Å². The van der Waals surface area contributed by atoms with E-state index in [1.165, 1.54) is 19.2 Å². The zero-order chi connectivity index (χ0) is 13.1. The topological polar surface area (TPSA) is 60.4 Å². The quantitative estimate of drug-likeness (QED) is 0.479. The number of methoxy groups -OCH3 is 1. The van der Waals surface area contributed by atoms with Gasteiger partial charge in [0.2, 0.25) is 0 Å². The van der Waals surface area contributed by atoms with Gasteiger partial charge < -0.3 is 4.74 Å². The predicted molar refractivity (Wildman–Crippen MR) is 67.8 cm³/mol. The fraction of sp³-hybridized carbons (Fsp3) is 0.300. The van der Waals surface area contributed by atoms with Crippen molar-refractivity contribution in [2.75, 3.05) is 7.11 Å². The highest BCUT2D eigenvalue weighted by Crippen LogP contribution is 2.21. The van der Waals surface area contributed by atoms with Crippen molar-refractivity contribution in [2.45, 2.75) is 16.6 Å². The first-order chi connectivity index (χ1) is 7.86. The van der Waals surface area contributed by atoms with E-state index in [0.29, 0.717) is 10.9 Å². The highest BCUT2D eigenvalue weighted by molar-refractivity contribution is 9.08. The van der Waals surface area contributed by atoms with E-state index in [9.17, 15) is 13.2 Å². The lowest BCUT2D eigenvalue weighted by Gasteiger charge is -2.05. The van der Waals surface area contributed by atoms with Crippen LogP contribution in [0, 0.1) is 0 Å². The van der Waals surface area contributed by atoms with E-state index in [0.717, 1.165) is 5.56 Å². The summed E-state index contributed by atoms with van der Waals surface area (Å²) in [7, 11) is 2.74. The van der Waals surface area contributed by atoms with Crippen LogP contribution in [0.15, 0.2) is 23.1 Å². The summed E-state index contributed by atoms with van der Waals surface area (Å²) in [4.78, 5) is 11.1. The summed E-state index contributed by atoms with van der Waals surface area (Å²) in [5.74, 6) is -0.436. The average Bonchev–Trinajstić information content (AvgIpc) is 2.27. The molecule has 0 amide bonds. The molecule has 0 aliphatic rings. The maximum Gasteiger partial charge on any atom is 0.309 e. The first-order valence-electron chi connectivity index (χ1n) is 4.57. The maximum absolute atomic E-state index is 11.2. The van der Waals surface area contributed by atoms with Gasteiger partial charge in [0.05, 0.1) is 18.4 Å². The van der Waals surface area contributed by atoms with Gasteiger partial charge in [0.25, 0.3) is 9.05 Å². The van der Waals surface area contributed by atoms with Crippen molar-refractivity contribution in [2.24, 2.45) is 0 Å². The van der Waals surface area contributed by atoms with Crippen LogP contribution in [0.2, 0.25) is 0 Å². The summed E-state index contributed by atoms with van der Waals surface area (Å²) in [6.45, 7) is 0. The van der Waals surface area contributed by atoms with Crippen molar-refractivity contribution in [3.8, 4) is 0 Å². The lowest BCUT2D eigenvalue weighted by Crippen LogP contribution is -2.06. The third kappa shape index (κ3) is 4.29. The number of carbonyl (C=O) groups is 1. The third-order valence-corrected chi connectivity index (χ3v) is 4.02. The van der Waals surface area contributed by atoms with Crippen LogP contribution in [0.5, 0.6) is 0 Å². The van der Waals surface area contributed by atoms with Gasteiger partial charge in [-0.3, -0.25) is 4.79 Å². The number of halogens is 2. The Morgan fingerprint density at radius 2 is 1.94 bits per heavy atom. The SMILES string of the molecule is COC(=O)Cc1cc(CBr)cc(S(=O)(=O)Cl)c1. The number of hydrogen-bond acceptors (Lipinski definition) is 4. The highest BCUT2D eigenvalue weighted by atomic mass is 79.9. The lowest BCUT2D eigenvalue weighted by atomic mass is 10.1. The number of ether oxygens (including phenoxy) is 1. The van der Waals surface area contributed by atoms with E-state index in [1.807, 2.05) is 0 Å². The summed E-state index contributed by atoms with van der Waals surface area (Å²) in [5.41, 5.74) is 1.28. The largest absolute Gasteiger partial charge is 0.469 e. The predicted octanol–water partition coefficient (Wildman–Crippen LogP) is 2.22. The summed E-state index contributed by atoms with van der Waals surface area (Å²) >= 11 is 3.22. The van der Waals surface area contributed by atoms with Crippen molar-refractivity contribution in [1.29, 1.82) is 0 Å². The Morgan fingerprint density at radius 3 is 2.41 bits per heavy atom. The van der Waals surface area contributed by atoms with Crippen molar-refractivity contribution >= 4 is 41.6 Å². The molecule has 0 radical (unpaired) electrons. The standard InChI is InChI=1S/C10H10BrClO4S/c1-16-10(13)5-7-2-8(6-11)4-9(3-7)17(12,14)15/h2-4H,5-6H2,1H3. The molecule has 0 aliphatic carbocycles. The molecular weight excluding hydrogens is 332 g/mol. The van der Waals surface area contributed by atoms with Gasteiger partial charge in [0.1, 0.15) is 0 Å². The molecule has 0 atom stereocenters. The molecule has 1 aromatic rings. The zero-order valence-electron chi connectivity index (χ0n) is 8.94. The van der Waals surface area contributed by atoms with Gasteiger partial charge in [-0.1, -0.05) is 22.0 Å². The van der Waals surface area contributed by atoms with Crippen molar-refractivity contribution in [3.05, 3.63) is 29.3 Å². The van der Waals surface area contributed by atoms with Gasteiger partial charge >= 0.3 is 5.97 Å². The molecule has 0 bridgehead atoms. The minimum atomic E-state index is -3.80. The molecule has 0 heterocycles. The normalized spacial score (nSPS) is 11.2. The zero-order valence-corrected chi connectivity index (χ0v) is 12.1. The van der Waals surface area contributed by atoms with E-state index in [-0.39, 0.29) is 11.3 Å². The molecule has 0 saturated carbocycles. The molecule has 0 saturated heterocycles. The van der Waals surface area contributed by atoms with E-state index < -0.39 is 15.0 Å². The van der Waals surface area contributed by atoms with Crippen LogP contribution in [0.25, 0.3) is 0 Å². The van der Waals surface area contributed by atoms with Crippen LogP contribution in [0.3, 0.4) is 0 Å². The fourth-order valence-corrected chi connectivity index (χ4v) is 2.46. The van der Waals surface area contributed by atoms with E-state index >= 15 is 0 Å². The van der Waals surface area contributed by atoms with E-state index in [2.05, 4.69) is 20.7 Å². The molecule has 0 aliphatic heterocycles. The Balaban J connectivity index is 3.19. The molecule has 0 N–H and O–H groups in total. The third-order valence-electron chi connectivity index (χ3n) is 2.04. The summed E-state index contributed by atoms with van der Waals surface area (Å²) in [6.07, 6.45) is 0.0107. The van der Waals surface area contributed by atoms with E-state index in [4.69, 9.17) is 10.7 Å². The average molecular weight is 342 g/mol. The number of benzene rings is 1. The van der Waals surface area contributed by atoms with Crippen LogP contribution >= 0.6 is 26.6 Å². The smallest absolute Gasteiger partial charge is 0.309 e. The number of esters is 1. The highest BCUT2D eigenvalue weighted by Gasteiger charge is 2.13. The van der Waals surface area contributed by atoms with Gasteiger partial charge in [-0.25, -0.2) is 8.42 Å². The van der Waals surface area contributed by atoms with Crippen molar-refractivity contribution in [3.63, 3.8) is 0 Å². The summed E-state index contributed by atoms with van der Waals surface area (Å²) in [6, 6.07) is 4.54. The lowest BCUT2D eigenvalue weighted by molar-refractivity contribution is -0.139. The molecular formula is C10H10BrClO4S. The second kappa shape index (κ2) is 5.84. The minimum absolute atomic E-state index is 0.0107. The van der Waals surface area contributed by atoms with Crippen LogP contribution in [0.1, 0.15) is 11.1 Å². The molecule has 7 heteroatoms. The molecule has 94 valence electrons. The number of alkyl halides is 1. The first kappa shape index (κ1) is 14.5. The van der Waals surface area contributed by atoms with Crippen LogP contribution in [0.4, 0.5) is 0 Å². The van der Waals surface area contributed by atoms with Crippen molar-refractivity contribution < 1.29 is 17.9 Å². The fourth-order valence-electron chi connectivity index (χ4n) is 1.29. The van der Waals surface area contributed by atoms with Crippen molar-refractivity contribution in [1.82, 2.24) is 0 Å². The van der Waals surface area contributed by atoms with Gasteiger partial charge in [0, 0.05) is 16.0 Å². The summed E-state index contributed by atoms with van der Waals surface area (Å²) in [5, 5.41) is 0.474. The Hall–Kier alpha value is -0.590. The Morgan fingerprint density at radius 1 is 1.35 bits per heavy atom. The Labute approximate surface area is 112 Å². The molecule has 4 nitrogen and oxygen atoms in total. The summed E-state index contributed by atoms with van der Waals surface area (Å²) < 4.78 is 27.0. The van der Waals surface area contributed by atoms with Crippen LogP contribution in [-0.4, -0.2) is 21.5 Å². The second-order valence-corrected chi connectivity index (χ2v) is 6.44.